The molecule has 1 aliphatic rings. The second-order valence-corrected chi connectivity index (χ2v) is 6.70. The van der Waals surface area contributed by atoms with E-state index < -0.39 is 15.8 Å². The van der Waals surface area contributed by atoms with Crippen LogP contribution in [0.5, 0.6) is 0 Å². The van der Waals surface area contributed by atoms with Crippen molar-refractivity contribution in [3.63, 3.8) is 0 Å². The zero-order valence-electron chi connectivity index (χ0n) is 10.3. The number of amidine groups is 1. The van der Waals surface area contributed by atoms with Crippen molar-refractivity contribution < 1.29 is 18.4 Å². The molecule has 104 valence electrons. The van der Waals surface area contributed by atoms with E-state index in [1.807, 2.05) is 6.92 Å². The summed E-state index contributed by atoms with van der Waals surface area (Å²) in [6, 6.07) is -0.367. The molecule has 0 radical (unpaired) electrons. The lowest BCUT2D eigenvalue weighted by atomic mass is 10.0. The van der Waals surface area contributed by atoms with Gasteiger partial charge in [0, 0.05) is 6.04 Å². The number of carbonyl (C=O) groups excluding carboxylic acids is 1. The first kappa shape index (κ1) is 14.7. The van der Waals surface area contributed by atoms with Crippen LogP contribution in [-0.4, -0.2) is 42.9 Å². The van der Waals surface area contributed by atoms with E-state index in [1.165, 1.54) is 0 Å². The molecule has 1 rings (SSSR count). The Balaban J connectivity index is 2.63. The van der Waals surface area contributed by atoms with Crippen LogP contribution in [0.2, 0.25) is 0 Å². The van der Waals surface area contributed by atoms with Gasteiger partial charge in [-0.3, -0.25) is 4.79 Å². The third-order valence-electron chi connectivity index (χ3n) is 2.95. The van der Waals surface area contributed by atoms with E-state index in [9.17, 15) is 13.2 Å². The molecular formula is C10H19N3O4S. The molecule has 18 heavy (non-hydrogen) atoms. The van der Waals surface area contributed by atoms with Gasteiger partial charge in [-0.05, 0) is 12.8 Å². The molecule has 0 spiro atoms. The van der Waals surface area contributed by atoms with Crippen molar-refractivity contribution in [2.24, 2.45) is 16.8 Å². The van der Waals surface area contributed by atoms with Gasteiger partial charge in [-0.2, -0.15) is 0 Å². The van der Waals surface area contributed by atoms with E-state index in [1.54, 1.807) is 0 Å². The molecule has 8 heteroatoms. The molecule has 2 unspecified atom stereocenters. The summed E-state index contributed by atoms with van der Waals surface area (Å²) in [6.45, 7) is 1.88. The molecule has 0 aromatic carbocycles. The molecule has 0 aliphatic carbocycles. The highest BCUT2D eigenvalue weighted by Gasteiger charge is 2.31. The molecule has 0 bridgehead atoms. The fourth-order valence-electron chi connectivity index (χ4n) is 1.98. The van der Waals surface area contributed by atoms with E-state index in [-0.39, 0.29) is 29.3 Å². The van der Waals surface area contributed by atoms with Crippen LogP contribution < -0.4 is 11.1 Å². The third kappa shape index (κ3) is 3.86. The van der Waals surface area contributed by atoms with E-state index in [0.29, 0.717) is 19.3 Å². The number of hydrogen-bond donors (Lipinski definition) is 3. The van der Waals surface area contributed by atoms with Crippen molar-refractivity contribution in [1.82, 2.24) is 5.32 Å². The standard InChI is InChI=1S/C10H19N3O4S/c1-2-3-8(9(11)13-15)10(14)12-7-4-5-18(16,17)6-7/h7-8,15H,2-6H2,1H3,(H2,11,13)(H,12,14). The summed E-state index contributed by atoms with van der Waals surface area (Å²) in [7, 11) is -3.03. The molecule has 4 N–H and O–H groups in total. The predicted octanol–water partition coefficient (Wildman–Crippen LogP) is -0.548. The fraction of sp³-hybridized carbons (Fsp3) is 0.800. The first-order chi connectivity index (χ1) is 8.39. The minimum absolute atomic E-state index is 0.0340. The van der Waals surface area contributed by atoms with Gasteiger partial charge in [-0.15, -0.1) is 0 Å². The molecule has 1 saturated heterocycles. The average Bonchev–Trinajstić information content (AvgIpc) is 2.64. The number of nitrogens with zero attached hydrogens (tertiary/aromatic N) is 1. The van der Waals surface area contributed by atoms with Gasteiger partial charge in [-0.1, -0.05) is 18.5 Å². The van der Waals surface area contributed by atoms with Crippen LogP contribution in [0.1, 0.15) is 26.2 Å². The lowest BCUT2D eigenvalue weighted by molar-refractivity contribution is -0.123. The molecule has 0 aromatic rings. The van der Waals surface area contributed by atoms with Gasteiger partial charge in [-0.25, -0.2) is 8.42 Å². The number of rotatable bonds is 5. The number of amides is 1. The number of sulfone groups is 1. The van der Waals surface area contributed by atoms with Gasteiger partial charge in [0.25, 0.3) is 0 Å². The number of hydrogen-bond acceptors (Lipinski definition) is 5. The minimum atomic E-state index is -3.03. The van der Waals surface area contributed by atoms with E-state index in [4.69, 9.17) is 10.9 Å². The van der Waals surface area contributed by atoms with Gasteiger partial charge in [0.1, 0.15) is 0 Å². The Morgan fingerprint density at radius 2 is 2.28 bits per heavy atom. The Bertz CT molecular complexity index is 432. The van der Waals surface area contributed by atoms with Gasteiger partial charge in [0.2, 0.25) is 5.91 Å². The van der Waals surface area contributed by atoms with Crippen LogP contribution in [0.15, 0.2) is 5.16 Å². The normalized spacial score (nSPS) is 24.7. The van der Waals surface area contributed by atoms with Gasteiger partial charge in [0.15, 0.2) is 15.7 Å². The van der Waals surface area contributed by atoms with Crippen LogP contribution in [0, 0.1) is 5.92 Å². The van der Waals surface area contributed by atoms with Crippen molar-refractivity contribution in [2.45, 2.75) is 32.2 Å². The van der Waals surface area contributed by atoms with Crippen LogP contribution >= 0.6 is 0 Å². The molecule has 0 aromatic heterocycles. The van der Waals surface area contributed by atoms with E-state index in [2.05, 4.69) is 10.5 Å². The summed E-state index contributed by atoms with van der Waals surface area (Å²) in [5.41, 5.74) is 5.45. The lowest BCUT2D eigenvalue weighted by Gasteiger charge is -2.17. The Hall–Kier alpha value is -1.31. The Labute approximate surface area is 106 Å². The summed E-state index contributed by atoms with van der Waals surface area (Å²) in [4.78, 5) is 11.9. The van der Waals surface area contributed by atoms with Crippen LogP contribution in [0.3, 0.4) is 0 Å². The molecule has 1 aliphatic heterocycles. The minimum Gasteiger partial charge on any atom is -0.409 e. The Kier molecular flexibility index (Phi) is 4.94. The maximum Gasteiger partial charge on any atom is 0.231 e. The van der Waals surface area contributed by atoms with Crippen LogP contribution in [0.4, 0.5) is 0 Å². The first-order valence-electron chi connectivity index (χ1n) is 5.87. The zero-order valence-corrected chi connectivity index (χ0v) is 11.1. The molecular weight excluding hydrogens is 258 g/mol. The van der Waals surface area contributed by atoms with Crippen LogP contribution in [0.25, 0.3) is 0 Å². The summed E-state index contributed by atoms with van der Waals surface area (Å²) < 4.78 is 22.5. The van der Waals surface area contributed by atoms with E-state index >= 15 is 0 Å². The van der Waals surface area contributed by atoms with Gasteiger partial charge >= 0.3 is 0 Å². The number of nitrogens with two attached hydrogens (primary N) is 1. The largest absolute Gasteiger partial charge is 0.409 e. The smallest absolute Gasteiger partial charge is 0.231 e. The molecule has 1 amide bonds. The topological polar surface area (TPSA) is 122 Å². The summed E-state index contributed by atoms with van der Waals surface area (Å²) >= 11 is 0. The Morgan fingerprint density at radius 1 is 1.61 bits per heavy atom. The maximum absolute atomic E-state index is 11.9. The highest BCUT2D eigenvalue weighted by Crippen LogP contribution is 2.13. The van der Waals surface area contributed by atoms with Crippen molar-refractivity contribution in [3.8, 4) is 0 Å². The first-order valence-corrected chi connectivity index (χ1v) is 7.70. The molecule has 7 nitrogen and oxygen atoms in total. The zero-order chi connectivity index (χ0) is 13.8. The lowest BCUT2D eigenvalue weighted by Crippen LogP contribution is -2.44. The highest BCUT2D eigenvalue weighted by atomic mass is 32.2. The maximum atomic E-state index is 11.9. The summed E-state index contributed by atoms with van der Waals surface area (Å²) in [6.07, 6.45) is 1.58. The predicted molar refractivity (Wildman–Crippen MR) is 67.0 cm³/mol. The molecule has 2 atom stereocenters. The number of nitrogens with one attached hydrogen (secondary N) is 1. The monoisotopic (exact) mass is 277 g/mol. The number of oxime groups is 1. The highest BCUT2D eigenvalue weighted by molar-refractivity contribution is 7.91. The number of carbonyl (C=O) groups is 1. The fourth-order valence-corrected chi connectivity index (χ4v) is 3.66. The van der Waals surface area contributed by atoms with Crippen molar-refractivity contribution >= 4 is 21.6 Å². The van der Waals surface area contributed by atoms with Crippen molar-refractivity contribution in [3.05, 3.63) is 0 Å². The second kappa shape index (κ2) is 6.03. The quantitative estimate of drug-likeness (QED) is 0.269. The third-order valence-corrected chi connectivity index (χ3v) is 4.71. The molecule has 1 heterocycles. The van der Waals surface area contributed by atoms with E-state index in [0.717, 1.165) is 0 Å². The van der Waals surface area contributed by atoms with Crippen molar-refractivity contribution in [1.29, 1.82) is 0 Å². The Morgan fingerprint density at radius 3 is 2.72 bits per heavy atom. The SMILES string of the molecule is CCCC(C(=O)NC1CCS(=O)(=O)C1)C(N)=NO. The average molecular weight is 277 g/mol. The summed E-state index contributed by atoms with van der Waals surface area (Å²) in [5, 5.41) is 14.1. The van der Waals surface area contributed by atoms with Crippen molar-refractivity contribution in [2.75, 3.05) is 11.5 Å². The second-order valence-electron chi connectivity index (χ2n) is 4.47. The summed E-state index contributed by atoms with van der Waals surface area (Å²) in [5.74, 6) is -1.17. The van der Waals surface area contributed by atoms with Gasteiger partial charge in [0.05, 0.1) is 17.4 Å². The van der Waals surface area contributed by atoms with Crippen LogP contribution in [-0.2, 0) is 14.6 Å². The molecule has 1 fully saturated rings. The molecule has 0 saturated carbocycles. The van der Waals surface area contributed by atoms with Gasteiger partial charge < -0.3 is 16.3 Å².